The van der Waals surface area contributed by atoms with Gasteiger partial charge in [-0.2, -0.15) is 11.8 Å². The molecule has 0 aliphatic rings. The number of nitrogens with one attached hydrogen (secondary N) is 2. The van der Waals surface area contributed by atoms with E-state index < -0.39 is 18.0 Å². The third kappa shape index (κ3) is 5.85. The predicted molar refractivity (Wildman–Crippen MR) is 86.0 cm³/mol. The zero-order valence-corrected chi connectivity index (χ0v) is 13.5. The fourth-order valence-corrected chi connectivity index (χ4v) is 2.27. The largest absolute Gasteiger partial charge is 0.479 e. The molecule has 0 aliphatic heterocycles. The van der Waals surface area contributed by atoms with Crippen LogP contribution in [0.15, 0.2) is 24.3 Å². The van der Waals surface area contributed by atoms with Crippen LogP contribution in [0.4, 0.5) is 4.79 Å². The molecule has 7 heteroatoms. The molecular weight excluding hydrogens is 312 g/mol. The molecule has 1 rings (SSSR count). The predicted octanol–water partition coefficient (Wildman–Crippen LogP) is 2.91. The van der Waals surface area contributed by atoms with E-state index in [0.717, 1.165) is 6.42 Å². The van der Waals surface area contributed by atoms with E-state index in [4.69, 9.17) is 11.6 Å². The molecule has 1 aromatic rings. The zero-order chi connectivity index (χ0) is 15.8. The minimum Gasteiger partial charge on any atom is -0.479 e. The van der Waals surface area contributed by atoms with Gasteiger partial charge in [-0.25, -0.2) is 9.59 Å². The maximum Gasteiger partial charge on any atom is 0.331 e. The molecule has 0 saturated heterocycles. The first-order valence-corrected chi connectivity index (χ1v) is 8.16. The Morgan fingerprint density at radius 2 is 2.05 bits per heavy atom. The van der Waals surface area contributed by atoms with Crippen LogP contribution in [0.1, 0.15) is 24.9 Å². The second-order valence-corrected chi connectivity index (χ2v) is 6.21. The summed E-state index contributed by atoms with van der Waals surface area (Å²) in [5.41, 5.74) is 0.360. The Labute approximate surface area is 133 Å². The van der Waals surface area contributed by atoms with E-state index in [2.05, 4.69) is 17.6 Å². The molecule has 0 spiro atoms. The summed E-state index contributed by atoms with van der Waals surface area (Å²) in [7, 11) is 0. The van der Waals surface area contributed by atoms with E-state index in [1.165, 1.54) is 0 Å². The highest BCUT2D eigenvalue weighted by molar-refractivity contribution is 7.99. The third-order valence-electron chi connectivity index (χ3n) is 2.98. The topological polar surface area (TPSA) is 78.4 Å². The second-order valence-electron chi connectivity index (χ2n) is 4.53. The van der Waals surface area contributed by atoms with Crippen molar-refractivity contribution in [3.8, 4) is 0 Å². The average Bonchev–Trinajstić information content (AvgIpc) is 2.45. The van der Waals surface area contributed by atoms with E-state index in [1.54, 1.807) is 36.0 Å². The summed E-state index contributed by atoms with van der Waals surface area (Å²) in [5, 5.41) is 15.1. The molecule has 0 fully saturated rings. The van der Waals surface area contributed by atoms with E-state index in [0.29, 0.717) is 22.4 Å². The molecule has 116 valence electrons. The summed E-state index contributed by atoms with van der Waals surface area (Å²) in [6, 6.07) is 4.86. The van der Waals surface area contributed by atoms with Gasteiger partial charge in [0.05, 0.1) is 0 Å². The number of halogens is 1. The number of hydrogen-bond acceptors (Lipinski definition) is 3. The van der Waals surface area contributed by atoms with Gasteiger partial charge in [0.2, 0.25) is 0 Å². The van der Waals surface area contributed by atoms with Crippen LogP contribution in [-0.2, 0) is 4.79 Å². The number of benzene rings is 1. The number of amides is 2. The number of carboxylic acid groups (broad SMARTS) is 1. The van der Waals surface area contributed by atoms with Gasteiger partial charge in [-0.3, -0.25) is 0 Å². The van der Waals surface area contributed by atoms with Crippen molar-refractivity contribution in [2.75, 3.05) is 12.8 Å². The van der Waals surface area contributed by atoms with Gasteiger partial charge in [-0.05, 0) is 18.7 Å². The van der Waals surface area contributed by atoms with Crippen molar-refractivity contribution in [2.45, 2.75) is 24.6 Å². The van der Waals surface area contributed by atoms with Gasteiger partial charge in [0, 0.05) is 22.4 Å². The van der Waals surface area contributed by atoms with Gasteiger partial charge >= 0.3 is 12.0 Å². The molecule has 0 heterocycles. The Balaban J connectivity index is 2.62. The van der Waals surface area contributed by atoms with Crippen molar-refractivity contribution in [3.63, 3.8) is 0 Å². The fraction of sp³-hybridized carbons (Fsp3) is 0.429. The molecule has 5 nitrogen and oxygen atoms in total. The molecule has 3 N–H and O–H groups in total. The number of carboxylic acids is 1. The number of hydrogen-bond donors (Lipinski definition) is 3. The molecule has 0 aromatic heterocycles. The summed E-state index contributed by atoms with van der Waals surface area (Å²) in [4.78, 5) is 23.1. The summed E-state index contributed by atoms with van der Waals surface area (Å²) < 4.78 is 0. The van der Waals surface area contributed by atoms with Crippen molar-refractivity contribution in [2.24, 2.45) is 0 Å². The number of aliphatic carboxylic acids is 1. The standard InChI is InChI=1S/C14H19ClN2O3S/c1-9(21-2)7-8-16-14(20)17-12(13(18)19)10-5-3-4-6-11(10)15/h3-6,9,12H,7-8H2,1-2H3,(H,18,19)(H2,16,17,20)/t9?,12-/m1/s1. The monoisotopic (exact) mass is 330 g/mol. The summed E-state index contributed by atoms with van der Waals surface area (Å²) >= 11 is 7.68. The van der Waals surface area contributed by atoms with Crippen LogP contribution in [-0.4, -0.2) is 35.2 Å². The molecule has 0 aliphatic carbocycles. The van der Waals surface area contributed by atoms with Crippen LogP contribution < -0.4 is 10.6 Å². The van der Waals surface area contributed by atoms with Crippen LogP contribution >= 0.6 is 23.4 Å². The van der Waals surface area contributed by atoms with Gasteiger partial charge in [0.25, 0.3) is 0 Å². The summed E-state index contributed by atoms with van der Waals surface area (Å²) in [6.07, 6.45) is 2.82. The van der Waals surface area contributed by atoms with Gasteiger partial charge < -0.3 is 15.7 Å². The van der Waals surface area contributed by atoms with Gasteiger partial charge in [-0.1, -0.05) is 36.7 Å². The minimum absolute atomic E-state index is 0.307. The number of urea groups is 1. The second kappa shape index (κ2) is 8.79. The fourth-order valence-electron chi connectivity index (χ4n) is 1.67. The summed E-state index contributed by atoms with van der Waals surface area (Å²) in [6.45, 7) is 2.55. The minimum atomic E-state index is -1.17. The molecule has 0 bridgehead atoms. The van der Waals surface area contributed by atoms with Crippen LogP contribution in [0.5, 0.6) is 0 Å². The molecular formula is C14H19ClN2O3S. The van der Waals surface area contributed by atoms with Crippen LogP contribution in [0, 0.1) is 0 Å². The molecule has 2 amide bonds. The Bertz CT molecular complexity index is 499. The zero-order valence-electron chi connectivity index (χ0n) is 11.9. The molecule has 0 radical (unpaired) electrons. The van der Waals surface area contributed by atoms with Crippen molar-refractivity contribution in [1.82, 2.24) is 10.6 Å². The first-order valence-electron chi connectivity index (χ1n) is 6.50. The van der Waals surface area contributed by atoms with Gasteiger partial charge in [0.1, 0.15) is 0 Å². The number of carbonyl (C=O) groups excluding carboxylic acids is 1. The first-order chi connectivity index (χ1) is 9.95. The highest BCUT2D eigenvalue weighted by atomic mass is 35.5. The summed E-state index contributed by atoms with van der Waals surface area (Å²) in [5.74, 6) is -1.16. The maximum absolute atomic E-state index is 11.8. The maximum atomic E-state index is 11.8. The highest BCUT2D eigenvalue weighted by Crippen LogP contribution is 2.22. The molecule has 1 aromatic carbocycles. The normalized spacial score (nSPS) is 13.3. The van der Waals surface area contributed by atoms with Crippen molar-refractivity contribution in [3.05, 3.63) is 34.9 Å². The van der Waals surface area contributed by atoms with Crippen LogP contribution in [0.2, 0.25) is 5.02 Å². The van der Waals surface area contributed by atoms with Gasteiger partial charge in [0.15, 0.2) is 6.04 Å². The average molecular weight is 331 g/mol. The lowest BCUT2D eigenvalue weighted by molar-refractivity contribution is -0.139. The van der Waals surface area contributed by atoms with E-state index in [9.17, 15) is 14.7 Å². The van der Waals surface area contributed by atoms with Crippen molar-refractivity contribution >= 4 is 35.4 Å². The van der Waals surface area contributed by atoms with E-state index in [1.807, 2.05) is 6.26 Å². The molecule has 2 atom stereocenters. The first kappa shape index (κ1) is 17.7. The number of carbonyl (C=O) groups is 2. The lowest BCUT2D eigenvalue weighted by atomic mass is 10.1. The van der Waals surface area contributed by atoms with Crippen LogP contribution in [0.25, 0.3) is 0 Å². The van der Waals surface area contributed by atoms with Crippen molar-refractivity contribution < 1.29 is 14.7 Å². The smallest absolute Gasteiger partial charge is 0.331 e. The number of thioether (sulfide) groups is 1. The Morgan fingerprint density at radius 1 is 1.38 bits per heavy atom. The quantitative estimate of drug-likeness (QED) is 0.718. The van der Waals surface area contributed by atoms with E-state index in [-0.39, 0.29) is 0 Å². The molecule has 0 saturated carbocycles. The molecule has 21 heavy (non-hydrogen) atoms. The van der Waals surface area contributed by atoms with E-state index >= 15 is 0 Å². The molecule has 1 unspecified atom stereocenters. The third-order valence-corrected chi connectivity index (χ3v) is 4.36. The number of rotatable bonds is 7. The Morgan fingerprint density at radius 3 is 2.62 bits per heavy atom. The van der Waals surface area contributed by atoms with Crippen molar-refractivity contribution in [1.29, 1.82) is 0 Å². The highest BCUT2D eigenvalue weighted by Gasteiger charge is 2.23. The lowest BCUT2D eigenvalue weighted by Crippen LogP contribution is -2.41. The lowest BCUT2D eigenvalue weighted by Gasteiger charge is -2.17. The van der Waals surface area contributed by atoms with Gasteiger partial charge in [-0.15, -0.1) is 0 Å². The Kier molecular flexibility index (Phi) is 7.39. The Hall–Kier alpha value is -1.40. The SMILES string of the molecule is CSC(C)CCNC(=O)N[C@@H](C(=O)O)c1ccccc1Cl. The van der Waals surface area contributed by atoms with Crippen LogP contribution in [0.3, 0.4) is 0 Å².